The van der Waals surface area contributed by atoms with E-state index in [2.05, 4.69) is 5.10 Å². The third-order valence-corrected chi connectivity index (χ3v) is 4.83. The van der Waals surface area contributed by atoms with E-state index in [4.69, 9.17) is 32.7 Å². The van der Waals surface area contributed by atoms with Crippen LogP contribution in [-0.4, -0.2) is 22.7 Å². The second kappa shape index (κ2) is 9.63. The molecule has 0 N–H and O–H groups in total. The number of benzene rings is 2. The van der Waals surface area contributed by atoms with Gasteiger partial charge in [0, 0.05) is 18.3 Å². The summed E-state index contributed by atoms with van der Waals surface area (Å²) in [5.41, 5.74) is 2.04. The van der Waals surface area contributed by atoms with Crippen LogP contribution < -0.4 is 9.47 Å². The standard InChI is InChI=1S/C22H20Cl2N2O3/c1-3-26-12-11-19(25-26)20(27)9-7-15-8-10-21(28-2)16(13-15)14-29-22-17(23)5-4-6-18(22)24/h4-13H,3,14H2,1-2H3/b9-7+. The summed E-state index contributed by atoms with van der Waals surface area (Å²) in [6.45, 7) is 2.89. The van der Waals surface area contributed by atoms with Gasteiger partial charge in [0.25, 0.3) is 0 Å². The Kier molecular flexibility index (Phi) is 6.96. The normalized spacial score (nSPS) is 11.0. The summed E-state index contributed by atoms with van der Waals surface area (Å²) in [6.07, 6.45) is 5.02. The van der Waals surface area contributed by atoms with Crippen molar-refractivity contribution >= 4 is 35.1 Å². The molecule has 1 heterocycles. The lowest BCUT2D eigenvalue weighted by Crippen LogP contribution is -2.01. The molecule has 5 nitrogen and oxygen atoms in total. The summed E-state index contributed by atoms with van der Waals surface area (Å²) in [5, 5.41) is 5.09. The third-order valence-electron chi connectivity index (χ3n) is 4.24. The molecule has 2 aromatic carbocycles. The fourth-order valence-corrected chi connectivity index (χ4v) is 3.22. The van der Waals surface area contributed by atoms with Crippen molar-refractivity contribution in [1.29, 1.82) is 0 Å². The van der Waals surface area contributed by atoms with E-state index in [1.54, 1.807) is 48.3 Å². The van der Waals surface area contributed by atoms with Gasteiger partial charge in [-0.2, -0.15) is 5.10 Å². The molecule has 0 aliphatic carbocycles. The van der Waals surface area contributed by atoms with Crippen molar-refractivity contribution in [3.63, 3.8) is 0 Å². The van der Waals surface area contributed by atoms with E-state index in [9.17, 15) is 4.79 Å². The van der Waals surface area contributed by atoms with Crippen LogP contribution in [0.2, 0.25) is 10.0 Å². The molecule has 3 rings (SSSR count). The van der Waals surface area contributed by atoms with Gasteiger partial charge < -0.3 is 9.47 Å². The van der Waals surface area contributed by atoms with Gasteiger partial charge in [0.05, 0.1) is 17.2 Å². The Labute approximate surface area is 179 Å². The highest BCUT2D eigenvalue weighted by molar-refractivity contribution is 6.37. The van der Waals surface area contributed by atoms with Crippen molar-refractivity contribution < 1.29 is 14.3 Å². The Bertz CT molecular complexity index is 1020. The highest BCUT2D eigenvalue weighted by atomic mass is 35.5. The quantitative estimate of drug-likeness (QED) is 0.340. The van der Waals surface area contributed by atoms with Crippen LogP contribution in [0, 0.1) is 0 Å². The molecular formula is C22H20Cl2N2O3. The van der Waals surface area contributed by atoms with E-state index in [0.29, 0.717) is 33.8 Å². The number of carbonyl (C=O) groups excluding carboxylic acids is 1. The molecule has 0 saturated heterocycles. The summed E-state index contributed by atoms with van der Waals surface area (Å²) in [4.78, 5) is 12.3. The van der Waals surface area contributed by atoms with Gasteiger partial charge in [-0.05, 0) is 48.9 Å². The van der Waals surface area contributed by atoms with E-state index in [-0.39, 0.29) is 12.4 Å². The van der Waals surface area contributed by atoms with Gasteiger partial charge in [-0.15, -0.1) is 0 Å². The Morgan fingerprint density at radius 1 is 1.17 bits per heavy atom. The molecule has 0 aliphatic rings. The summed E-state index contributed by atoms with van der Waals surface area (Å²) < 4.78 is 12.9. The SMILES string of the molecule is CCn1ccc(C(=O)/C=C/c2ccc(OC)c(COc3c(Cl)cccc3Cl)c2)n1. The number of ketones is 1. The topological polar surface area (TPSA) is 53.4 Å². The largest absolute Gasteiger partial charge is 0.496 e. The molecule has 0 radical (unpaired) electrons. The van der Waals surface area contributed by atoms with Gasteiger partial charge in [-0.1, -0.05) is 41.4 Å². The minimum Gasteiger partial charge on any atom is -0.496 e. The molecule has 0 fully saturated rings. The maximum absolute atomic E-state index is 12.3. The molecule has 0 spiro atoms. The Morgan fingerprint density at radius 2 is 1.93 bits per heavy atom. The number of para-hydroxylation sites is 1. The minimum atomic E-state index is -0.159. The van der Waals surface area contributed by atoms with Crippen LogP contribution in [-0.2, 0) is 13.2 Å². The lowest BCUT2D eigenvalue weighted by atomic mass is 10.1. The van der Waals surface area contributed by atoms with Crippen molar-refractivity contribution in [1.82, 2.24) is 9.78 Å². The average Bonchev–Trinajstić information content (AvgIpc) is 3.21. The molecule has 3 aromatic rings. The van der Waals surface area contributed by atoms with Crippen LogP contribution in [0.1, 0.15) is 28.5 Å². The molecule has 0 saturated carbocycles. The smallest absolute Gasteiger partial charge is 0.206 e. The van der Waals surface area contributed by atoms with Crippen LogP contribution in [0.3, 0.4) is 0 Å². The van der Waals surface area contributed by atoms with E-state index in [1.807, 2.05) is 25.1 Å². The number of methoxy groups -OCH3 is 1. The minimum absolute atomic E-state index is 0.159. The maximum Gasteiger partial charge on any atom is 0.206 e. The number of hydrogen-bond donors (Lipinski definition) is 0. The van der Waals surface area contributed by atoms with E-state index < -0.39 is 0 Å². The zero-order valence-electron chi connectivity index (χ0n) is 16.1. The Hall–Kier alpha value is -2.76. The molecular weight excluding hydrogens is 411 g/mol. The van der Waals surface area contributed by atoms with Crippen molar-refractivity contribution in [3.05, 3.63) is 81.6 Å². The van der Waals surface area contributed by atoms with E-state index in [1.165, 1.54) is 6.08 Å². The monoisotopic (exact) mass is 430 g/mol. The Morgan fingerprint density at radius 3 is 2.59 bits per heavy atom. The van der Waals surface area contributed by atoms with Crippen LogP contribution in [0.15, 0.2) is 54.7 Å². The lowest BCUT2D eigenvalue weighted by molar-refractivity contribution is 0.104. The number of hydrogen-bond acceptors (Lipinski definition) is 4. The van der Waals surface area contributed by atoms with Crippen molar-refractivity contribution in [2.45, 2.75) is 20.1 Å². The van der Waals surface area contributed by atoms with Crippen molar-refractivity contribution in [2.75, 3.05) is 7.11 Å². The van der Waals surface area contributed by atoms with Crippen LogP contribution in [0.5, 0.6) is 11.5 Å². The summed E-state index contributed by atoms with van der Waals surface area (Å²) in [5.74, 6) is 0.924. The molecule has 29 heavy (non-hydrogen) atoms. The molecule has 0 bridgehead atoms. The summed E-state index contributed by atoms with van der Waals surface area (Å²) in [6, 6.07) is 12.5. The first kappa shape index (κ1) is 21.0. The molecule has 0 unspecified atom stereocenters. The highest BCUT2D eigenvalue weighted by Crippen LogP contribution is 2.33. The number of ether oxygens (including phenoxy) is 2. The summed E-state index contributed by atoms with van der Waals surface area (Å²) in [7, 11) is 1.59. The van der Waals surface area contributed by atoms with Gasteiger partial charge >= 0.3 is 0 Å². The molecule has 0 aliphatic heterocycles. The van der Waals surface area contributed by atoms with Crippen LogP contribution in [0.25, 0.3) is 6.08 Å². The summed E-state index contributed by atoms with van der Waals surface area (Å²) >= 11 is 12.3. The zero-order valence-corrected chi connectivity index (χ0v) is 17.6. The fraction of sp³-hybridized carbons (Fsp3) is 0.182. The van der Waals surface area contributed by atoms with Crippen LogP contribution >= 0.6 is 23.2 Å². The molecule has 150 valence electrons. The molecule has 0 atom stereocenters. The van der Waals surface area contributed by atoms with E-state index >= 15 is 0 Å². The molecule has 7 heteroatoms. The number of aromatic nitrogens is 2. The maximum atomic E-state index is 12.3. The molecule has 0 amide bonds. The number of rotatable bonds is 8. The number of aryl methyl sites for hydroxylation is 1. The molecule has 1 aromatic heterocycles. The van der Waals surface area contributed by atoms with Crippen molar-refractivity contribution in [3.8, 4) is 11.5 Å². The van der Waals surface area contributed by atoms with Gasteiger partial charge in [-0.25, -0.2) is 0 Å². The zero-order chi connectivity index (χ0) is 20.8. The second-order valence-electron chi connectivity index (χ2n) is 6.16. The Balaban J connectivity index is 1.76. The number of halogens is 2. The predicted octanol–water partition coefficient (Wildman–Crippen LogP) is 5.69. The number of allylic oxidation sites excluding steroid dienone is 1. The van der Waals surface area contributed by atoms with Gasteiger partial charge in [0.2, 0.25) is 5.78 Å². The van der Waals surface area contributed by atoms with Gasteiger partial charge in [-0.3, -0.25) is 9.48 Å². The number of carbonyl (C=O) groups is 1. The predicted molar refractivity (Wildman–Crippen MR) is 115 cm³/mol. The van der Waals surface area contributed by atoms with Crippen LogP contribution in [0.4, 0.5) is 0 Å². The highest BCUT2D eigenvalue weighted by Gasteiger charge is 2.10. The first-order chi connectivity index (χ1) is 14.0. The first-order valence-electron chi connectivity index (χ1n) is 9.01. The average molecular weight is 431 g/mol. The number of nitrogens with zero attached hydrogens (tertiary/aromatic N) is 2. The first-order valence-corrected chi connectivity index (χ1v) is 9.77. The third kappa shape index (κ3) is 5.19. The van der Waals surface area contributed by atoms with Gasteiger partial charge in [0.1, 0.15) is 18.1 Å². The van der Waals surface area contributed by atoms with Gasteiger partial charge in [0.15, 0.2) is 5.75 Å². The van der Waals surface area contributed by atoms with Crippen molar-refractivity contribution in [2.24, 2.45) is 0 Å². The second-order valence-corrected chi connectivity index (χ2v) is 6.98. The lowest BCUT2D eigenvalue weighted by Gasteiger charge is -2.13. The van der Waals surface area contributed by atoms with E-state index in [0.717, 1.165) is 11.1 Å². The fourth-order valence-electron chi connectivity index (χ4n) is 2.71.